The zero-order valence-electron chi connectivity index (χ0n) is 13.2. The maximum Gasteiger partial charge on any atom is 0.169 e. The highest BCUT2D eigenvalue weighted by Crippen LogP contribution is 2.33. The number of rotatable bonds is 6. The van der Waals surface area contributed by atoms with E-state index >= 15 is 0 Å². The van der Waals surface area contributed by atoms with Gasteiger partial charge in [0.2, 0.25) is 0 Å². The highest BCUT2D eigenvalue weighted by Gasteiger charge is 2.38. The van der Waals surface area contributed by atoms with E-state index in [1.54, 1.807) is 7.11 Å². The highest BCUT2D eigenvalue weighted by molar-refractivity contribution is 5.89. The summed E-state index contributed by atoms with van der Waals surface area (Å²) in [6.07, 6.45) is 6.68. The van der Waals surface area contributed by atoms with E-state index in [1.165, 1.54) is 12.8 Å². The topological polar surface area (TPSA) is 35.5 Å². The second-order valence-electron chi connectivity index (χ2n) is 5.75. The summed E-state index contributed by atoms with van der Waals surface area (Å²) < 4.78 is 11.3. The van der Waals surface area contributed by atoms with Crippen molar-refractivity contribution in [2.45, 2.75) is 57.5 Å². The summed E-state index contributed by atoms with van der Waals surface area (Å²) in [6, 6.07) is 7.75. The van der Waals surface area contributed by atoms with Crippen molar-refractivity contribution in [1.82, 2.24) is 0 Å². The maximum atomic E-state index is 12.9. The Balaban J connectivity index is 2.18. The van der Waals surface area contributed by atoms with Crippen LogP contribution < -0.4 is 4.74 Å². The molecule has 0 bridgehead atoms. The Morgan fingerprint density at radius 1 is 1.14 bits per heavy atom. The molecule has 0 radical (unpaired) electrons. The standard InChI is InChI=1S/C18H26O3/c1-3-21-18(12-8-4-5-9-13-18)17(19)14-15-10-6-7-11-16(15)20-2/h6-7,10-11H,3-5,8-9,12-14H2,1-2H3. The number of hydrogen-bond donors (Lipinski definition) is 0. The molecule has 0 heterocycles. The van der Waals surface area contributed by atoms with Gasteiger partial charge in [0.15, 0.2) is 5.78 Å². The van der Waals surface area contributed by atoms with Crippen molar-refractivity contribution in [3.8, 4) is 5.75 Å². The number of methoxy groups -OCH3 is 1. The van der Waals surface area contributed by atoms with Gasteiger partial charge in [-0.1, -0.05) is 43.9 Å². The number of carbonyl (C=O) groups excluding carboxylic acids is 1. The van der Waals surface area contributed by atoms with Gasteiger partial charge in [0.05, 0.1) is 7.11 Å². The number of carbonyl (C=O) groups is 1. The Labute approximate surface area is 127 Å². The van der Waals surface area contributed by atoms with Gasteiger partial charge in [-0.25, -0.2) is 0 Å². The van der Waals surface area contributed by atoms with Gasteiger partial charge in [-0.3, -0.25) is 4.79 Å². The molecule has 3 heteroatoms. The van der Waals surface area contributed by atoms with Crippen LogP contribution in [0.1, 0.15) is 51.0 Å². The van der Waals surface area contributed by atoms with E-state index in [-0.39, 0.29) is 5.78 Å². The van der Waals surface area contributed by atoms with Crippen molar-refractivity contribution in [3.05, 3.63) is 29.8 Å². The van der Waals surface area contributed by atoms with Crippen molar-refractivity contribution in [2.75, 3.05) is 13.7 Å². The van der Waals surface area contributed by atoms with Crippen LogP contribution >= 0.6 is 0 Å². The predicted molar refractivity (Wildman–Crippen MR) is 83.8 cm³/mol. The zero-order chi connectivity index (χ0) is 15.1. The van der Waals surface area contributed by atoms with Gasteiger partial charge >= 0.3 is 0 Å². The quantitative estimate of drug-likeness (QED) is 0.744. The number of ketones is 1. The second kappa shape index (κ2) is 7.60. The molecule has 0 saturated heterocycles. The first-order chi connectivity index (χ1) is 10.2. The molecule has 0 atom stereocenters. The van der Waals surface area contributed by atoms with Crippen LogP contribution in [0, 0.1) is 0 Å². The third-order valence-corrected chi connectivity index (χ3v) is 4.38. The zero-order valence-corrected chi connectivity index (χ0v) is 13.2. The summed E-state index contributed by atoms with van der Waals surface area (Å²) in [7, 11) is 1.65. The highest BCUT2D eigenvalue weighted by atomic mass is 16.5. The number of para-hydroxylation sites is 1. The summed E-state index contributed by atoms with van der Waals surface area (Å²) in [6.45, 7) is 2.57. The normalized spacial score (nSPS) is 18.0. The lowest BCUT2D eigenvalue weighted by atomic mass is 9.86. The van der Waals surface area contributed by atoms with Crippen LogP contribution in [0.5, 0.6) is 5.75 Å². The van der Waals surface area contributed by atoms with Gasteiger partial charge in [0, 0.05) is 18.6 Å². The molecule has 0 spiro atoms. The third kappa shape index (κ3) is 3.85. The monoisotopic (exact) mass is 290 g/mol. The van der Waals surface area contributed by atoms with E-state index in [0.29, 0.717) is 13.0 Å². The minimum absolute atomic E-state index is 0.204. The van der Waals surface area contributed by atoms with E-state index in [1.807, 2.05) is 31.2 Å². The van der Waals surface area contributed by atoms with Gasteiger partial charge in [-0.05, 0) is 25.8 Å². The van der Waals surface area contributed by atoms with E-state index in [9.17, 15) is 4.79 Å². The largest absolute Gasteiger partial charge is 0.496 e. The Hall–Kier alpha value is -1.35. The Bertz CT molecular complexity index is 459. The van der Waals surface area contributed by atoms with Crippen molar-refractivity contribution in [3.63, 3.8) is 0 Å². The summed E-state index contributed by atoms with van der Waals surface area (Å²) in [5.41, 5.74) is 0.375. The molecule has 1 aliphatic rings. The smallest absolute Gasteiger partial charge is 0.169 e. The summed E-state index contributed by atoms with van der Waals surface area (Å²) in [5.74, 6) is 0.988. The van der Waals surface area contributed by atoms with Crippen LogP contribution in [-0.2, 0) is 16.0 Å². The Morgan fingerprint density at radius 3 is 2.43 bits per heavy atom. The van der Waals surface area contributed by atoms with Gasteiger partial charge in [0.25, 0.3) is 0 Å². The van der Waals surface area contributed by atoms with Crippen molar-refractivity contribution < 1.29 is 14.3 Å². The predicted octanol–water partition coefficient (Wildman–Crippen LogP) is 3.94. The van der Waals surface area contributed by atoms with Gasteiger partial charge in [0.1, 0.15) is 11.4 Å². The summed E-state index contributed by atoms with van der Waals surface area (Å²) >= 11 is 0. The van der Waals surface area contributed by atoms with Crippen LogP contribution in [0.25, 0.3) is 0 Å². The van der Waals surface area contributed by atoms with Gasteiger partial charge < -0.3 is 9.47 Å². The molecule has 0 aromatic heterocycles. The van der Waals surface area contributed by atoms with Crippen LogP contribution in [0.3, 0.4) is 0 Å². The molecule has 0 amide bonds. The molecule has 1 saturated carbocycles. The average molecular weight is 290 g/mol. The number of benzene rings is 1. The molecule has 2 rings (SSSR count). The molecule has 21 heavy (non-hydrogen) atoms. The minimum atomic E-state index is -0.577. The molecule has 1 aromatic rings. The first-order valence-corrected chi connectivity index (χ1v) is 8.01. The lowest BCUT2D eigenvalue weighted by Crippen LogP contribution is -2.42. The molecule has 0 aliphatic heterocycles. The molecule has 3 nitrogen and oxygen atoms in total. The molecule has 1 aliphatic carbocycles. The fourth-order valence-electron chi connectivity index (χ4n) is 3.26. The van der Waals surface area contributed by atoms with Gasteiger partial charge in [-0.2, -0.15) is 0 Å². The third-order valence-electron chi connectivity index (χ3n) is 4.38. The first kappa shape index (κ1) is 16.0. The maximum absolute atomic E-state index is 12.9. The molecule has 116 valence electrons. The SMILES string of the molecule is CCOC1(C(=O)Cc2ccccc2OC)CCCCCC1. The fraction of sp³-hybridized carbons (Fsp3) is 0.611. The summed E-state index contributed by atoms with van der Waals surface area (Å²) in [4.78, 5) is 12.9. The first-order valence-electron chi connectivity index (χ1n) is 8.01. The lowest BCUT2D eigenvalue weighted by molar-refractivity contribution is -0.145. The second-order valence-corrected chi connectivity index (χ2v) is 5.75. The van der Waals surface area contributed by atoms with Crippen LogP contribution in [0.2, 0.25) is 0 Å². The van der Waals surface area contributed by atoms with E-state index in [4.69, 9.17) is 9.47 Å². The Kier molecular flexibility index (Phi) is 5.80. The summed E-state index contributed by atoms with van der Waals surface area (Å²) in [5, 5.41) is 0. The number of hydrogen-bond acceptors (Lipinski definition) is 3. The molecule has 0 N–H and O–H groups in total. The van der Waals surface area contributed by atoms with Crippen molar-refractivity contribution in [2.24, 2.45) is 0 Å². The fourth-order valence-corrected chi connectivity index (χ4v) is 3.26. The van der Waals surface area contributed by atoms with Crippen LogP contribution in [0.4, 0.5) is 0 Å². The number of Topliss-reactive ketones (excluding diaryl/α,β-unsaturated/α-hetero) is 1. The molecular weight excluding hydrogens is 264 g/mol. The van der Waals surface area contributed by atoms with Gasteiger partial charge in [-0.15, -0.1) is 0 Å². The van der Waals surface area contributed by atoms with Crippen LogP contribution in [0.15, 0.2) is 24.3 Å². The van der Waals surface area contributed by atoms with Crippen LogP contribution in [-0.4, -0.2) is 25.1 Å². The minimum Gasteiger partial charge on any atom is -0.496 e. The van der Waals surface area contributed by atoms with E-state index < -0.39 is 5.60 Å². The van der Waals surface area contributed by atoms with E-state index in [0.717, 1.165) is 37.0 Å². The molecule has 0 unspecified atom stereocenters. The van der Waals surface area contributed by atoms with E-state index in [2.05, 4.69) is 0 Å². The molecular formula is C18H26O3. The Morgan fingerprint density at radius 2 is 1.81 bits per heavy atom. The van der Waals surface area contributed by atoms with Crippen molar-refractivity contribution >= 4 is 5.78 Å². The molecule has 1 fully saturated rings. The van der Waals surface area contributed by atoms with Crippen molar-refractivity contribution in [1.29, 1.82) is 0 Å². The average Bonchev–Trinajstić information content (AvgIpc) is 2.75. The molecule has 1 aromatic carbocycles. The number of ether oxygens (including phenoxy) is 2. The lowest BCUT2D eigenvalue weighted by Gasteiger charge is -2.31.